The fourth-order valence-electron chi connectivity index (χ4n) is 4.30. The lowest BCUT2D eigenvalue weighted by molar-refractivity contribution is -0.146. The molecule has 0 radical (unpaired) electrons. The number of likely N-dealkylation sites (tertiary alicyclic amines) is 1. The molecule has 1 heterocycles. The van der Waals surface area contributed by atoms with Crippen molar-refractivity contribution in [3.05, 3.63) is 0 Å². The van der Waals surface area contributed by atoms with E-state index in [-0.39, 0.29) is 25.3 Å². The van der Waals surface area contributed by atoms with Crippen molar-refractivity contribution in [2.75, 3.05) is 18.6 Å². The van der Waals surface area contributed by atoms with Crippen LogP contribution in [-0.2, 0) is 33.6 Å². The van der Waals surface area contributed by atoms with Crippen LogP contribution >= 0.6 is 11.8 Å². The molecule has 8 N–H and O–H groups in total. The Balaban J connectivity index is 3.12. The molecule has 1 saturated heterocycles. The van der Waals surface area contributed by atoms with E-state index in [1.54, 1.807) is 20.1 Å². The molecule has 1 aliphatic heterocycles. The molecular formula is C25H41N5O10S. The van der Waals surface area contributed by atoms with Crippen molar-refractivity contribution in [1.82, 2.24) is 20.9 Å². The van der Waals surface area contributed by atoms with E-state index in [2.05, 4.69) is 16.0 Å². The van der Waals surface area contributed by atoms with Crippen LogP contribution in [0.4, 0.5) is 0 Å². The first-order valence-corrected chi connectivity index (χ1v) is 14.7. The maximum Gasteiger partial charge on any atom is 0.326 e. The third kappa shape index (κ3) is 11.5. The number of nitrogens with two attached hydrogens (primary N) is 1. The minimum atomic E-state index is -1.49. The Morgan fingerprint density at radius 2 is 1.59 bits per heavy atom. The van der Waals surface area contributed by atoms with Gasteiger partial charge in [0, 0.05) is 13.0 Å². The summed E-state index contributed by atoms with van der Waals surface area (Å²) in [6.07, 6.45) is 1.65. The summed E-state index contributed by atoms with van der Waals surface area (Å²) in [5, 5.41) is 34.8. The summed E-state index contributed by atoms with van der Waals surface area (Å²) in [5.41, 5.74) is 5.57. The molecule has 0 bridgehead atoms. The molecule has 0 spiro atoms. The van der Waals surface area contributed by atoms with Crippen molar-refractivity contribution in [3.8, 4) is 0 Å². The number of carboxylic acids is 3. The second-order valence-electron chi connectivity index (χ2n) is 9.94. The second kappa shape index (κ2) is 17.4. The first kappa shape index (κ1) is 35.6. The van der Waals surface area contributed by atoms with Crippen LogP contribution in [0.25, 0.3) is 0 Å². The van der Waals surface area contributed by atoms with E-state index >= 15 is 0 Å². The highest BCUT2D eigenvalue weighted by atomic mass is 32.2. The van der Waals surface area contributed by atoms with E-state index in [9.17, 15) is 38.7 Å². The number of carbonyl (C=O) groups excluding carboxylic acids is 4. The number of aliphatic carboxylic acids is 3. The van der Waals surface area contributed by atoms with E-state index < -0.39 is 84.6 Å². The van der Waals surface area contributed by atoms with Gasteiger partial charge in [0.1, 0.15) is 24.2 Å². The topological polar surface area (TPSA) is 246 Å². The van der Waals surface area contributed by atoms with Crippen molar-refractivity contribution in [2.24, 2.45) is 11.7 Å². The summed E-state index contributed by atoms with van der Waals surface area (Å²) >= 11 is 1.40. The molecule has 41 heavy (non-hydrogen) atoms. The second-order valence-corrected chi connectivity index (χ2v) is 10.9. The van der Waals surface area contributed by atoms with Crippen LogP contribution in [-0.4, -0.2) is 111 Å². The van der Waals surface area contributed by atoms with Gasteiger partial charge in [0.05, 0.1) is 12.5 Å². The van der Waals surface area contributed by atoms with E-state index in [1.165, 1.54) is 16.7 Å². The van der Waals surface area contributed by atoms with Gasteiger partial charge in [-0.2, -0.15) is 11.8 Å². The van der Waals surface area contributed by atoms with Crippen molar-refractivity contribution < 1.29 is 48.9 Å². The summed E-state index contributed by atoms with van der Waals surface area (Å²) < 4.78 is 0. The van der Waals surface area contributed by atoms with Crippen LogP contribution in [0, 0.1) is 5.92 Å². The first-order valence-electron chi connectivity index (χ1n) is 13.4. The molecular weight excluding hydrogens is 562 g/mol. The molecule has 0 saturated carbocycles. The summed E-state index contributed by atoms with van der Waals surface area (Å²) in [7, 11) is 0. The fraction of sp³-hybridized carbons (Fsp3) is 0.720. The van der Waals surface area contributed by atoms with Gasteiger partial charge in [-0.1, -0.05) is 20.3 Å². The smallest absolute Gasteiger partial charge is 0.326 e. The van der Waals surface area contributed by atoms with Crippen molar-refractivity contribution in [3.63, 3.8) is 0 Å². The SMILES string of the molecule is CC[C@H](C)[C@H](NC(=O)[C@@H]1CCCN1C(=O)[C@H](CCSC)NC(=O)[C@H](CCC(=O)O)NC(=O)[C@@H](N)CC(=O)O)C(=O)O. The minimum Gasteiger partial charge on any atom is -0.481 e. The molecule has 232 valence electrons. The summed E-state index contributed by atoms with van der Waals surface area (Å²) in [5.74, 6) is -6.73. The molecule has 1 aliphatic rings. The van der Waals surface area contributed by atoms with Crippen LogP contribution in [0.2, 0.25) is 0 Å². The van der Waals surface area contributed by atoms with Gasteiger partial charge >= 0.3 is 17.9 Å². The van der Waals surface area contributed by atoms with Crippen molar-refractivity contribution >= 4 is 53.3 Å². The van der Waals surface area contributed by atoms with Gasteiger partial charge in [-0.25, -0.2) is 4.79 Å². The maximum absolute atomic E-state index is 13.6. The Bertz CT molecular complexity index is 980. The number of nitrogens with zero attached hydrogens (tertiary/aromatic N) is 1. The van der Waals surface area contributed by atoms with Gasteiger partial charge in [0.15, 0.2) is 0 Å². The van der Waals surface area contributed by atoms with E-state index in [0.717, 1.165) is 0 Å². The molecule has 0 aromatic rings. The number of nitrogens with one attached hydrogen (secondary N) is 3. The molecule has 0 aromatic carbocycles. The van der Waals surface area contributed by atoms with Gasteiger partial charge in [0.2, 0.25) is 23.6 Å². The minimum absolute atomic E-state index is 0.152. The number of rotatable bonds is 18. The number of hydrogen-bond acceptors (Lipinski definition) is 9. The average Bonchev–Trinajstić information content (AvgIpc) is 3.40. The van der Waals surface area contributed by atoms with E-state index in [0.29, 0.717) is 25.0 Å². The van der Waals surface area contributed by atoms with Crippen LogP contribution in [0.15, 0.2) is 0 Å². The molecule has 16 heteroatoms. The zero-order chi connectivity index (χ0) is 31.3. The lowest BCUT2D eigenvalue weighted by Crippen LogP contribution is -2.58. The monoisotopic (exact) mass is 603 g/mol. The van der Waals surface area contributed by atoms with Crippen molar-refractivity contribution in [2.45, 2.75) is 89.0 Å². The molecule has 1 fully saturated rings. The van der Waals surface area contributed by atoms with Gasteiger partial charge in [-0.15, -0.1) is 0 Å². The average molecular weight is 604 g/mol. The first-order chi connectivity index (χ1) is 19.2. The molecule has 4 amide bonds. The van der Waals surface area contributed by atoms with Crippen LogP contribution in [0.1, 0.15) is 58.8 Å². The lowest BCUT2D eigenvalue weighted by atomic mass is 9.98. The number of carboxylic acid groups (broad SMARTS) is 3. The van der Waals surface area contributed by atoms with Crippen LogP contribution < -0.4 is 21.7 Å². The summed E-state index contributed by atoms with van der Waals surface area (Å²) in [4.78, 5) is 87.2. The zero-order valence-corrected chi connectivity index (χ0v) is 24.3. The van der Waals surface area contributed by atoms with Crippen LogP contribution in [0.3, 0.4) is 0 Å². The third-order valence-electron chi connectivity index (χ3n) is 6.85. The molecule has 0 aliphatic carbocycles. The Kier molecular flexibility index (Phi) is 15.1. The summed E-state index contributed by atoms with van der Waals surface area (Å²) in [6.45, 7) is 3.69. The van der Waals surface area contributed by atoms with E-state index in [4.69, 9.17) is 15.9 Å². The molecule has 0 aromatic heterocycles. The van der Waals surface area contributed by atoms with Crippen LogP contribution in [0.5, 0.6) is 0 Å². The Morgan fingerprint density at radius 3 is 2.12 bits per heavy atom. The van der Waals surface area contributed by atoms with Crippen molar-refractivity contribution in [1.29, 1.82) is 0 Å². The highest BCUT2D eigenvalue weighted by Gasteiger charge is 2.40. The Labute approximate surface area is 242 Å². The molecule has 1 rings (SSSR count). The van der Waals surface area contributed by atoms with Gasteiger partial charge in [0.25, 0.3) is 0 Å². The zero-order valence-electron chi connectivity index (χ0n) is 23.5. The Morgan fingerprint density at radius 1 is 0.951 bits per heavy atom. The summed E-state index contributed by atoms with van der Waals surface area (Å²) in [6, 6.07) is -6.13. The third-order valence-corrected chi connectivity index (χ3v) is 7.50. The predicted molar refractivity (Wildman–Crippen MR) is 148 cm³/mol. The number of thioether (sulfide) groups is 1. The van der Waals surface area contributed by atoms with Gasteiger partial charge in [-0.05, 0) is 43.6 Å². The predicted octanol–water partition coefficient (Wildman–Crippen LogP) is -1.02. The molecule has 15 nitrogen and oxygen atoms in total. The fourth-order valence-corrected chi connectivity index (χ4v) is 4.77. The number of amides is 4. The number of hydrogen-bond donors (Lipinski definition) is 7. The quantitative estimate of drug-likeness (QED) is 0.0995. The standard InChI is InChI=1S/C25H41N5O10S/c1-4-13(2)20(25(39)40)29-23(37)17-6-5-10-30(17)24(38)16(9-11-41-3)28-22(36)15(7-8-18(31)32)27-21(35)14(26)12-19(33)34/h13-17,20H,4-12,26H2,1-3H3,(H,27,35)(H,28,36)(H,29,37)(H,31,32)(H,33,34)(H,39,40)/t13-,14-,15-,16-,17-,20-/m0/s1. The van der Waals surface area contributed by atoms with E-state index in [1.807, 2.05) is 0 Å². The molecule has 6 atom stereocenters. The van der Waals surface area contributed by atoms with Gasteiger partial charge < -0.3 is 41.9 Å². The number of carbonyl (C=O) groups is 7. The Hall–Kier alpha value is -3.40. The highest BCUT2D eigenvalue weighted by Crippen LogP contribution is 2.21. The lowest BCUT2D eigenvalue weighted by Gasteiger charge is -2.31. The normalized spacial score (nSPS) is 18.3. The largest absolute Gasteiger partial charge is 0.481 e. The highest BCUT2D eigenvalue weighted by molar-refractivity contribution is 7.98. The molecule has 0 unspecified atom stereocenters. The maximum atomic E-state index is 13.6. The van der Waals surface area contributed by atoms with Gasteiger partial charge in [-0.3, -0.25) is 28.8 Å².